The van der Waals surface area contributed by atoms with Gasteiger partial charge in [0, 0.05) is 9.32 Å². The quantitative estimate of drug-likeness (QED) is 0.0981. The van der Waals surface area contributed by atoms with E-state index in [1.54, 1.807) is 13.0 Å². The second kappa shape index (κ2) is 9.92. The second-order valence-electron chi connectivity index (χ2n) is 3.11. The summed E-state index contributed by atoms with van der Waals surface area (Å²) in [5, 5.41) is 12.9. The zero-order valence-corrected chi connectivity index (χ0v) is 16.1. The van der Waals surface area contributed by atoms with E-state index in [1.807, 2.05) is 22.6 Å². The van der Waals surface area contributed by atoms with Crippen LogP contribution < -0.4 is 34.8 Å². The average Bonchev–Trinajstić information content (AvgIpc) is 2.33. The normalized spacial score (nSPS) is 11.1. The monoisotopic (exact) mass is 428 g/mol. The molecule has 0 aromatic heterocycles. The molecule has 10 heteroatoms. The molecule has 102 valence electrons. The minimum atomic E-state index is -3.74. The van der Waals surface area contributed by atoms with Gasteiger partial charge in [-0.1, -0.05) is 22.6 Å². The Bertz CT molecular complexity index is 495. The fraction of sp³-hybridized carbons (Fsp3) is 0.333. The van der Waals surface area contributed by atoms with Crippen molar-refractivity contribution < 1.29 is 56.8 Å². The smallest absolute Gasteiger partial charge is 0.691 e. The van der Waals surface area contributed by atoms with E-state index < -0.39 is 10.1 Å². The molecule has 0 spiro atoms. The number of aryl methyl sites for hydroxylation is 1. The van der Waals surface area contributed by atoms with Crippen molar-refractivity contribution in [1.29, 1.82) is 0 Å². The van der Waals surface area contributed by atoms with Gasteiger partial charge >= 0.3 is 29.6 Å². The number of alkyl halides is 1. The first-order chi connectivity index (χ1) is 8.51. The van der Waals surface area contributed by atoms with Crippen molar-refractivity contribution >= 4 is 44.8 Å². The van der Waals surface area contributed by atoms with Crippen LogP contribution in [0.5, 0.6) is 0 Å². The van der Waals surface area contributed by atoms with Crippen molar-refractivity contribution in [2.45, 2.75) is 16.7 Å². The van der Waals surface area contributed by atoms with Crippen LogP contribution in [-0.2, 0) is 23.7 Å². The molecule has 0 aliphatic carbocycles. The van der Waals surface area contributed by atoms with Gasteiger partial charge in [0.1, 0.15) is 0 Å². The zero-order chi connectivity index (χ0) is 13.6. The van der Waals surface area contributed by atoms with Gasteiger partial charge < -0.3 is 5.26 Å². The van der Waals surface area contributed by atoms with E-state index >= 15 is 0 Å². The maximum atomic E-state index is 11.8. The summed E-state index contributed by atoms with van der Waals surface area (Å²) in [5.41, 5.74) is 0.503. The number of hydrogen-bond acceptors (Lipinski definition) is 7. The molecule has 1 aromatic rings. The first-order valence-corrected chi connectivity index (χ1v) is 8.38. The number of hydrogen-bond donors (Lipinski definition) is 0. The molecule has 0 N–H and O–H groups in total. The predicted molar refractivity (Wildman–Crippen MR) is 71.2 cm³/mol. The molecule has 0 radical (unpaired) electrons. The largest absolute Gasteiger partial charge is 1.00 e. The summed E-state index contributed by atoms with van der Waals surface area (Å²) < 4.78 is 33.1. The summed E-state index contributed by atoms with van der Waals surface area (Å²) >= 11 is 2.72. The van der Waals surface area contributed by atoms with Gasteiger partial charge in [-0.3, -0.25) is 9.22 Å². The van der Waals surface area contributed by atoms with Crippen LogP contribution in [0.15, 0.2) is 28.0 Å². The SMILES string of the molecule is Cc1cc(SOO[O-])ccc1S(=O)(=O)OCCI.[Na+]. The summed E-state index contributed by atoms with van der Waals surface area (Å²) in [6.45, 7) is 1.76. The van der Waals surface area contributed by atoms with Gasteiger partial charge in [-0.25, -0.2) is 0 Å². The van der Waals surface area contributed by atoms with E-state index in [9.17, 15) is 13.7 Å². The Hall–Kier alpha value is 1.09. The van der Waals surface area contributed by atoms with E-state index in [2.05, 4.69) is 9.37 Å². The molecule has 0 saturated carbocycles. The maximum absolute atomic E-state index is 11.8. The first-order valence-electron chi connectivity index (χ1n) is 4.70. The molecular weight excluding hydrogens is 418 g/mol. The molecule has 0 heterocycles. The summed E-state index contributed by atoms with van der Waals surface area (Å²) in [4.78, 5) is 0.649. The van der Waals surface area contributed by atoms with Crippen LogP contribution in [0, 0.1) is 6.92 Å². The molecule has 1 aromatic carbocycles. The van der Waals surface area contributed by atoms with Crippen molar-refractivity contribution in [3.63, 3.8) is 0 Å². The number of rotatable bonds is 7. The maximum Gasteiger partial charge on any atom is 1.00 e. The van der Waals surface area contributed by atoms with Crippen LogP contribution in [0.3, 0.4) is 0 Å². The van der Waals surface area contributed by atoms with Gasteiger partial charge in [0.05, 0.1) is 23.5 Å². The van der Waals surface area contributed by atoms with Crippen LogP contribution in [0.25, 0.3) is 0 Å². The van der Waals surface area contributed by atoms with Gasteiger partial charge in [0.2, 0.25) is 0 Å². The molecule has 6 nitrogen and oxygen atoms in total. The van der Waals surface area contributed by atoms with Gasteiger partial charge in [0.25, 0.3) is 10.1 Å². The molecule has 0 unspecified atom stereocenters. The Kier molecular flexibility index (Phi) is 10.5. The third-order valence-electron chi connectivity index (χ3n) is 1.89. The number of halogens is 1. The molecular formula is C9H10INaO6S2. The molecule has 0 atom stereocenters. The van der Waals surface area contributed by atoms with Crippen molar-refractivity contribution in [2.24, 2.45) is 0 Å². The average molecular weight is 428 g/mol. The van der Waals surface area contributed by atoms with E-state index in [0.29, 0.717) is 26.9 Å². The van der Waals surface area contributed by atoms with Crippen LogP contribution in [0.1, 0.15) is 5.56 Å². The summed E-state index contributed by atoms with van der Waals surface area (Å²) in [6, 6.07) is 4.45. The third-order valence-corrected chi connectivity index (χ3v) is 4.37. The fourth-order valence-electron chi connectivity index (χ4n) is 1.21. The molecule has 0 fully saturated rings. The van der Waals surface area contributed by atoms with E-state index in [1.165, 1.54) is 12.1 Å². The molecule has 0 amide bonds. The van der Waals surface area contributed by atoms with Crippen molar-refractivity contribution in [3.8, 4) is 0 Å². The Balaban J connectivity index is 0.00000324. The molecule has 0 saturated heterocycles. The van der Waals surface area contributed by atoms with Crippen LogP contribution in [0.4, 0.5) is 0 Å². The predicted octanol–water partition coefficient (Wildman–Crippen LogP) is -1.63. The molecule has 0 bridgehead atoms. The summed E-state index contributed by atoms with van der Waals surface area (Å²) in [6.07, 6.45) is 0. The molecule has 19 heavy (non-hydrogen) atoms. The van der Waals surface area contributed by atoms with E-state index in [4.69, 9.17) is 4.18 Å². The van der Waals surface area contributed by atoms with Crippen LogP contribution in [0.2, 0.25) is 0 Å². The minimum Gasteiger partial charge on any atom is -0.691 e. The Labute approximate surface area is 151 Å². The van der Waals surface area contributed by atoms with Crippen molar-refractivity contribution in [1.82, 2.24) is 0 Å². The first kappa shape index (κ1) is 20.1. The Morgan fingerprint density at radius 1 is 1.42 bits per heavy atom. The number of benzene rings is 1. The van der Waals surface area contributed by atoms with E-state index in [0.717, 1.165) is 0 Å². The Morgan fingerprint density at radius 2 is 2.11 bits per heavy atom. The molecule has 0 aliphatic heterocycles. The molecule has 0 aliphatic rings. The zero-order valence-electron chi connectivity index (χ0n) is 10.3. The topological polar surface area (TPSA) is 84.9 Å². The summed E-state index contributed by atoms with van der Waals surface area (Å²) in [5.74, 6) is 0. The minimum absolute atomic E-state index is 0. The fourth-order valence-corrected chi connectivity index (χ4v) is 3.30. The summed E-state index contributed by atoms with van der Waals surface area (Å²) in [7, 11) is -3.74. The van der Waals surface area contributed by atoms with Crippen molar-refractivity contribution in [3.05, 3.63) is 23.8 Å². The Morgan fingerprint density at radius 3 is 2.63 bits per heavy atom. The second-order valence-corrected chi connectivity index (χ2v) is 6.55. The standard InChI is InChI=1S/C9H11IO6S2.Na/c1-7-6-8(17-16-15-11)2-3-9(7)18(12,13)14-5-4-10;/h2-3,6,11H,4-5H2,1H3;/q;+1/p-1. The van der Waals surface area contributed by atoms with Gasteiger partial charge in [-0.05, 0) is 30.7 Å². The molecule has 1 rings (SSSR count). The van der Waals surface area contributed by atoms with Crippen molar-refractivity contribution in [2.75, 3.05) is 11.0 Å². The van der Waals surface area contributed by atoms with Gasteiger partial charge in [0.15, 0.2) is 0 Å². The van der Waals surface area contributed by atoms with Crippen LogP contribution in [-0.4, -0.2) is 19.5 Å². The van der Waals surface area contributed by atoms with Gasteiger partial charge in [-0.2, -0.15) is 12.8 Å². The van der Waals surface area contributed by atoms with E-state index in [-0.39, 0.29) is 41.1 Å². The van der Waals surface area contributed by atoms with Crippen LogP contribution >= 0.6 is 34.6 Å². The third kappa shape index (κ3) is 6.59. The van der Waals surface area contributed by atoms with Gasteiger partial charge in [-0.15, -0.1) is 0 Å².